The molecule has 0 aromatic carbocycles. The van der Waals surface area contributed by atoms with E-state index in [-0.39, 0.29) is 13.2 Å². The third-order valence-electron chi connectivity index (χ3n) is 1.77. The second kappa shape index (κ2) is 11.4. The molecule has 0 aromatic rings. The summed E-state index contributed by atoms with van der Waals surface area (Å²) in [4.78, 5) is 18.7. The average Bonchev–Trinajstić information content (AvgIpc) is 2.14. The Hall–Kier alpha value is -0.270. The highest BCUT2D eigenvalue weighted by molar-refractivity contribution is 7.52. The summed E-state index contributed by atoms with van der Waals surface area (Å²) in [5.41, 5.74) is 0. The smallest absolute Gasteiger partial charge is 0.101 e. The molecule has 0 saturated carbocycles. The van der Waals surface area contributed by atoms with Gasteiger partial charge in [-0.25, -0.2) is 0 Å². The topological polar surface area (TPSA) is 104 Å². The minimum Gasteiger partial charge on any atom is -0.808 e. The molecule has 0 heterocycles. The fourth-order valence-electron chi connectivity index (χ4n) is 0.600. The van der Waals surface area contributed by atoms with E-state index in [1.165, 1.54) is 0 Å². The molecule has 0 aromatic heterocycles. The lowest BCUT2D eigenvalue weighted by Gasteiger charge is -2.23. The highest BCUT2D eigenvalue weighted by atomic mass is 31.2. The molecular formula is C12H31N2O5P. The molecule has 2 N–H and O–H groups in total. The van der Waals surface area contributed by atoms with Crippen molar-refractivity contribution in [2.45, 2.75) is 0 Å². The van der Waals surface area contributed by atoms with Crippen molar-refractivity contribution in [2.24, 2.45) is 0 Å². The SMILES string of the molecule is C=CP(=O)([O-])[O-].C[N+](C)(C)CCO.C[N+](C)(C)CCO. The van der Waals surface area contributed by atoms with Crippen LogP contribution in [0.25, 0.3) is 0 Å². The van der Waals surface area contributed by atoms with E-state index in [0.717, 1.165) is 22.1 Å². The summed E-state index contributed by atoms with van der Waals surface area (Å²) < 4.78 is 11.0. The van der Waals surface area contributed by atoms with Crippen LogP contribution in [0.1, 0.15) is 0 Å². The first kappa shape index (κ1) is 24.7. The molecule has 7 nitrogen and oxygen atoms in total. The van der Waals surface area contributed by atoms with E-state index in [0.29, 0.717) is 5.82 Å². The highest BCUT2D eigenvalue weighted by Gasteiger charge is 2.02. The van der Waals surface area contributed by atoms with Gasteiger partial charge < -0.3 is 33.5 Å². The summed E-state index contributed by atoms with van der Waals surface area (Å²) >= 11 is 0. The fraction of sp³-hybridized carbons (Fsp3) is 0.833. The van der Waals surface area contributed by atoms with E-state index in [1.54, 1.807) is 0 Å². The number of hydrogen-bond acceptors (Lipinski definition) is 5. The molecule has 0 rings (SSSR count). The maximum absolute atomic E-state index is 9.35. The molecule has 0 fully saturated rings. The van der Waals surface area contributed by atoms with Gasteiger partial charge in [0.2, 0.25) is 0 Å². The number of likely N-dealkylation sites (N-methyl/N-ethyl adjacent to an activating group) is 2. The van der Waals surface area contributed by atoms with Crippen LogP contribution in [0.4, 0.5) is 0 Å². The third kappa shape index (κ3) is 43.1. The minimum absolute atomic E-state index is 0.281. The molecular weight excluding hydrogens is 283 g/mol. The van der Waals surface area contributed by atoms with E-state index in [1.807, 2.05) is 0 Å². The van der Waals surface area contributed by atoms with E-state index >= 15 is 0 Å². The molecule has 0 amide bonds. The molecule has 0 saturated heterocycles. The van der Waals surface area contributed by atoms with Crippen LogP contribution >= 0.6 is 7.60 Å². The monoisotopic (exact) mass is 314 g/mol. The Morgan fingerprint density at radius 1 is 0.950 bits per heavy atom. The first-order chi connectivity index (χ1) is 8.68. The Morgan fingerprint density at radius 3 is 1.15 bits per heavy atom. The summed E-state index contributed by atoms with van der Waals surface area (Å²) in [5.74, 6) is 0.382. The summed E-state index contributed by atoms with van der Waals surface area (Å²) in [6, 6.07) is 0. The molecule has 0 unspecified atom stereocenters. The molecule has 0 spiro atoms. The molecule has 0 bridgehead atoms. The largest absolute Gasteiger partial charge is 0.808 e. The Balaban J connectivity index is -0.000000218. The first-order valence-corrected chi connectivity index (χ1v) is 7.77. The lowest BCUT2D eigenvalue weighted by atomic mass is 10.5. The van der Waals surface area contributed by atoms with Gasteiger partial charge in [0, 0.05) is 0 Å². The number of aliphatic hydroxyl groups excluding tert-OH is 2. The van der Waals surface area contributed by atoms with Gasteiger partial charge in [-0.1, -0.05) is 12.4 Å². The molecule has 124 valence electrons. The molecule has 20 heavy (non-hydrogen) atoms. The van der Waals surface area contributed by atoms with Crippen molar-refractivity contribution in [2.75, 3.05) is 68.6 Å². The van der Waals surface area contributed by atoms with Gasteiger partial charge in [-0.15, -0.1) is 0 Å². The molecule has 0 atom stereocenters. The van der Waals surface area contributed by atoms with Gasteiger partial charge in [0.05, 0.1) is 55.5 Å². The van der Waals surface area contributed by atoms with Crippen molar-refractivity contribution < 1.29 is 33.5 Å². The normalized spacial score (nSPS) is 11.7. The predicted molar refractivity (Wildman–Crippen MR) is 77.8 cm³/mol. The number of nitrogens with zero attached hydrogens (tertiary/aromatic N) is 2. The maximum atomic E-state index is 9.35. The minimum atomic E-state index is -4.38. The number of rotatable bonds is 5. The Kier molecular flexibility index (Phi) is 14.1. The van der Waals surface area contributed by atoms with E-state index in [4.69, 9.17) is 10.2 Å². The molecule has 8 heteroatoms. The van der Waals surface area contributed by atoms with Gasteiger partial charge >= 0.3 is 0 Å². The Bertz CT molecular complexity index is 263. The van der Waals surface area contributed by atoms with Crippen LogP contribution in [0.15, 0.2) is 12.4 Å². The summed E-state index contributed by atoms with van der Waals surface area (Å²) in [7, 11) is 7.93. The predicted octanol–water partition coefficient (Wildman–Crippen LogP) is -1.59. The first-order valence-electron chi connectivity index (χ1n) is 6.16. The number of quaternary nitrogens is 2. The summed E-state index contributed by atoms with van der Waals surface area (Å²) in [6.45, 7) is 4.97. The third-order valence-corrected chi connectivity index (χ3v) is 2.21. The Morgan fingerprint density at radius 2 is 1.15 bits per heavy atom. The quantitative estimate of drug-likeness (QED) is 0.470. The van der Waals surface area contributed by atoms with E-state index < -0.39 is 7.60 Å². The Labute approximate surface area is 123 Å². The fourth-order valence-corrected chi connectivity index (χ4v) is 0.600. The van der Waals surface area contributed by atoms with Crippen molar-refractivity contribution >= 4 is 7.60 Å². The van der Waals surface area contributed by atoms with E-state index in [2.05, 4.69) is 48.9 Å². The van der Waals surface area contributed by atoms with Crippen LogP contribution < -0.4 is 9.79 Å². The van der Waals surface area contributed by atoms with Gasteiger partial charge in [-0.05, 0) is 7.60 Å². The summed E-state index contributed by atoms with van der Waals surface area (Å²) in [6.07, 6.45) is 0. The molecule has 0 radical (unpaired) electrons. The zero-order chi connectivity index (χ0) is 17.0. The van der Waals surface area contributed by atoms with Gasteiger partial charge in [0.15, 0.2) is 0 Å². The van der Waals surface area contributed by atoms with Crippen molar-refractivity contribution in [1.82, 2.24) is 0 Å². The van der Waals surface area contributed by atoms with Crippen molar-refractivity contribution in [3.63, 3.8) is 0 Å². The number of hydrogen-bond donors (Lipinski definition) is 2. The summed E-state index contributed by atoms with van der Waals surface area (Å²) in [5, 5.41) is 16.8. The highest BCUT2D eigenvalue weighted by Crippen LogP contribution is 2.22. The van der Waals surface area contributed by atoms with Gasteiger partial charge in [-0.2, -0.15) is 0 Å². The van der Waals surface area contributed by atoms with Crippen molar-refractivity contribution in [3.05, 3.63) is 12.4 Å². The average molecular weight is 314 g/mol. The van der Waals surface area contributed by atoms with E-state index in [9.17, 15) is 14.4 Å². The molecule has 0 aliphatic rings. The van der Waals surface area contributed by atoms with Crippen molar-refractivity contribution in [1.29, 1.82) is 0 Å². The second-order valence-corrected chi connectivity index (χ2v) is 7.64. The van der Waals surface area contributed by atoms with Crippen LogP contribution in [0.5, 0.6) is 0 Å². The molecule has 0 aliphatic heterocycles. The van der Waals surface area contributed by atoms with Gasteiger partial charge in [-0.3, -0.25) is 0 Å². The number of aliphatic hydroxyl groups is 2. The second-order valence-electron chi connectivity index (χ2n) is 6.20. The van der Waals surface area contributed by atoms with Crippen LogP contribution in [0.3, 0.4) is 0 Å². The van der Waals surface area contributed by atoms with Gasteiger partial charge in [0.25, 0.3) is 0 Å². The van der Waals surface area contributed by atoms with Crippen molar-refractivity contribution in [3.8, 4) is 0 Å². The standard InChI is InChI=1S/2C5H14NO.C2H5O3P/c2*1-6(2,3)4-5-7;1-2-6(3,4)5/h2*7H,4-5H2,1-3H3;2H,1H2,(H2,3,4,5)/q2*+1;/p-2. The molecule has 0 aliphatic carbocycles. The zero-order valence-electron chi connectivity index (χ0n) is 13.6. The maximum Gasteiger partial charge on any atom is 0.101 e. The lowest BCUT2D eigenvalue weighted by Crippen LogP contribution is -2.36. The van der Waals surface area contributed by atoms with Crippen LogP contribution in [0, 0.1) is 0 Å². The van der Waals surface area contributed by atoms with Gasteiger partial charge in [0.1, 0.15) is 13.1 Å². The lowest BCUT2D eigenvalue weighted by molar-refractivity contribution is -0.870. The van der Waals surface area contributed by atoms with Crippen LogP contribution in [-0.4, -0.2) is 87.8 Å². The zero-order valence-corrected chi connectivity index (χ0v) is 14.5. The van der Waals surface area contributed by atoms with Crippen LogP contribution in [0.2, 0.25) is 0 Å². The van der Waals surface area contributed by atoms with Crippen LogP contribution in [-0.2, 0) is 4.57 Å².